The summed E-state index contributed by atoms with van der Waals surface area (Å²) in [6.45, 7) is 10.1. The van der Waals surface area contributed by atoms with Crippen LogP contribution < -0.4 is 0 Å². The highest BCUT2D eigenvalue weighted by molar-refractivity contribution is 6.77. The SMILES string of the molecule is C/C=C/[C@@H](O)[C@@H](C(=O)O)[C@@H](C)[Si](C)(C)C. The lowest BCUT2D eigenvalue weighted by molar-refractivity contribution is -0.144. The van der Waals surface area contributed by atoms with Gasteiger partial charge in [-0.2, -0.15) is 0 Å². The van der Waals surface area contributed by atoms with Gasteiger partial charge in [0.2, 0.25) is 0 Å². The standard InChI is InChI=1S/C11H22O3Si/c1-6-7-9(12)10(11(13)14)8(2)15(3,4)5/h6-10,12H,1-5H3,(H,13,14)/b7-6+/t8-,9-,10+/m1/s1. The van der Waals surface area contributed by atoms with E-state index in [1.807, 2.05) is 6.92 Å². The van der Waals surface area contributed by atoms with Gasteiger partial charge in [-0.15, -0.1) is 0 Å². The molecule has 0 saturated carbocycles. The van der Waals surface area contributed by atoms with E-state index in [2.05, 4.69) is 19.6 Å². The van der Waals surface area contributed by atoms with E-state index in [9.17, 15) is 9.90 Å². The molecule has 0 aromatic rings. The number of carboxylic acids is 1. The van der Waals surface area contributed by atoms with Gasteiger partial charge in [0.1, 0.15) is 0 Å². The summed E-state index contributed by atoms with van der Waals surface area (Å²) < 4.78 is 0. The average molecular weight is 230 g/mol. The molecule has 0 aliphatic heterocycles. The lowest BCUT2D eigenvalue weighted by Crippen LogP contribution is -2.40. The maximum Gasteiger partial charge on any atom is 0.309 e. The molecule has 88 valence electrons. The van der Waals surface area contributed by atoms with Crippen LogP contribution in [0.25, 0.3) is 0 Å². The Hall–Kier alpha value is -0.613. The number of aliphatic carboxylic acids is 1. The normalized spacial score (nSPS) is 18.8. The zero-order valence-corrected chi connectivity index (χ0v) is 11.2. The largest absolute Gasteiger partial charge is 0.481 e. The van der Waals surface area contributed by atoms with Crippen molar-refractivity contribution in [1.29, 1.82) is 0 Å². The predicted octanol–water partition coefficient (Wildman–Crippen LogP) is 2.35. The first-order chi connectivity index (χ1) is 6.71. The Morgan fingerprint density at radius 2 is 1.80 bits per heavy atom. The molecular formula is C11H22O3Si. The van der Waals surface area contributed by atoms with Crippen molar-refractivity contribution >= 4 is 14.0 Å². The maximum atomic E-state index is 11.1. The Morgan fingerprint density at radius 1 is 1.33 bits per heavy atom. The maximum absolute atomic E-state index is 11.1. The lowest BCUT2D eigenvalue weighted by Gasteiger charge is -2.32. The van der Waals surface area contributed by atoms with Gasteiger partial charge in [-0.1, -0.05) is 38.7 Å². The van der Waals surface area contributed by atoms with Crippen molar-refractivity contribution in [3.63, 3.8) is 0 Å². The molecule has 0 fully saturated rings. The van der Waals surface area contributed by atoms with Crippen molar-refractivity contribution < 1.29 is 15.0 Å². The van der Waals surface area contributed by atoms with Crippen LogP contribution in [-0.4, -0.2) is 30.4 Å². The van der Waals surface area contributed by atoms with E-state index in [-0.39, 0.29) is 5.54 Å². The molecule has 0 unspecified atom stereocenters. The van der Waals surface area contributed by atoms with Crippen LogP contribution >= 0.6 is 0 Å². The van der Waals surface area contributed by atoms with Crippen LogP contribution in [0.3, 0.4) is 0 Å². The molecule has 0 amide bonds. The summed E-state index contributed by atoms with van der Waals surface area (Å²) in [4.78, 5) is 11.1. The molecule has 0 spiro atoms. The predicted molar refractivity (Wildman–Crippen MR) is 64.7 cm³/mol. The minimum absolute atomic E-state index is 0.0428. The van der Waals surface area contributed by atoms with Crippen molar-refractivity contribution in [3.05, 3.63) is 12.2 Å². The summed E-state index contributed by atoms with van der Waals surface area (Å²) in [6.07, 6.45) is 2.36. The van der Waals surface area contributed by atoms with Crippen LogP contribution in [0.2, 0.25) is 25.2 Å². The molecule has 0 aromatic carbocycles. The quantitative estimate of drug-likeness (QED) is 0.563. The van der Waals surface area contributed by atoms with Gasteiger partial charge in [-0.25, -0.2) is 0 Å². The molecule has 0 radical (unpaired) electrons. The third-order valence-electron chi connectivity index (χ3n) is 2.95. The van der Waals surface area contributed by atoms with E-state index in [4.69, 9.17) is 5.11 Å². The zero-order valence-electron chi connectivity index (χ0n) is 10.2. The molecule has 4 heteroatoms. The highest BCUT2D eigenvalue weighted by Crippen LogP contribution is 2.32. The lowest BCUT2D eigenvalue weighted by atomic mass is 9.99. The molecule has 2 N–H and O–H groups in total. The second kappa shape index (κ2) is 5.46. The Morgan fingerprint density at radius 3 is 2.07 bits per heavy atom. The van der Waals surface area contributed by atoms with Gasteiger partial charge in [-0.3, -0.25) is 4.79 Å². The number of rotatable bonds is 5. The number of hydrogen-bond acceptors (Lipinski definition) is 2. The van der Waals surface area contributed by atoms with Crippen LogP contribution in [0.1, 0.15) is 13.8 Å². The fourth-order valence-electron chi connectivity index (χ4n) is 1.51. The third-order valence-corrected chi connectivity index (χ3v) is 6.04. The third kappa shape index (κ3) is 4.18. The van der Waals surface area contributed by atoms with Crippen molar-refractivity contribution in [3.8, 4) is 0 Å². The summed E-state index contributed by atoms with van der Waals surface area (Å²) in [5, 5.41) is 18.9. The summed E-state index contributed by atoms with van der Waals surface area (Å²) in [7, 11) is -1.55. The molecule has 0 rings (SSSR count). The number of aliphatic hydroxyl groups excluding tert-OH is 1. The van der Waals surface area contributed by atoms with Crippen molar-refractivity contribution in [2.75, 3.05) is 0 Å². The van der Waals surface area contributed by atoms with Crippen LogP contribution in [0.15, 0.2) is 12.2 Å². The number of carbonyl (C=O) groups is 1. The first-order valence-electron chi connectivity index (χ1n) is 5.25. The van der Waals surface area contributed by atoms with Gasteiger partial charge in [0, 0.05) is 8.07 Å². The monoisotopic (exact) mass is 230 g/mol. The highest BCUT2D eigenvalue weighted by atomic mass is 28.3. The average Bonchev–Trinajstić information content (AvgIpc) is 2.02. The Bertz CT molecular complexity index is 243. The minimum atomic E-state index is -1.55. The first kappa shape index (κ1) is 14.4. The van der Waals surface area contributed by atoms with E-state index < -0.39 is 26.1 Å². The fraction of sp³-hybridized carbons (Fsp3) is 0.727. The van der Waals surface area contributed by atoms with Gasteiger partial charge in [0.25, 0.3) is 0 Å². The van der Waals surface area contributed by atoms with Crippen molar-refractivity contribution in [2.45, 2.75) is 45.1 Å². The van der Waals surface area contributed by atoms with Gasteiger partial charge in [-0.05, 0) is 12.5 Å². The second-order valence-electron chi connectivity index (χ2n) is 5.04. The first-order valence-corrected chi connectivity index (χ1v) is 8.83. The molecule has 0 heterocycles. The van der Waals surface area contributed by atoms with Crippen LogP contribution in [0, 0.1) is 5.92 Å². The Kier molecular flexibility index (Phi) is 5.24. The van der Waals surface area contributed by atoms with Crippen molar-refractivity contribution in [2.24, 2.45) is 5.92 Å². The van der Waals surface area contributed by atoms with E-state index in [0.717, 1.165) is 0 Å². The highest BCUT2D eigenvalue weighted by Gasteiger charge is 2.37. The summed E-state index contributed by atoms with van der Waals surface area (Å²) in [5.41, 5.74) is 0.0428. The Balaban J connectivity index is 4.90. The molecule has 0 aliphatic carbocycles. The summed E-state index contributed by atoms with van der Waals surface area (Å²) in [6, 6.07) is 0. The topological polar surface area (TPSA) is 57.5 Å². The Labute approximate surface area is 92.8 Å². The number of allylic oxidation sites excluding steroid dienone is 1. The second-order valence-corrected chi connectivity index (χ2v) is 10.7. The van der Waals surface area contributed by atoms with E-state index in [1.165, 1.54) is 0 Å². The van der Waals surface area contributed by atoms with Crippen LogP contribution in [0.4, 0.5) is 0 Å². The van der Waals surface area contributed by atoms with Gasteiger partial charge >= 0.3 is 5.97 Å². The van der Waals surface area contributed by atoms with Crippen LogP contribution in [0.5, 0.6) is 0 Å². The van der Waals surface area contributed by atoms with E-state index in [0.29, 0.717) is 0 Å². The molecule has 0 aliphatic rings. The minimum Gasteiger partial charge on any atom is -0.481 e. The molecule has 3 atom stereocenters. The van der Waals surface area contributed by atoms with Gasteiger partial charge < -0.3 is 10.2 Å². The van der Waals surface area contributed by atoms with Crippen LogP contribution in [-0.2, 0) is 4.79 Å². The zero-order chi connectivity index (χ0) is 12.2. The molecule has 0 saturated heterocycles. The fourth-order valence-corrected chi connectivity index (χ4v) is 2.93. The summed E-state index contributed by atoms with van der Waals surface area (Å²) in [5.74, 6) is -1.59. The van der Waals surface area contributed by atoms with Gasteiger partial charge in [0.05, 0.1) is 12.0 Å². The molecule has 0 aromatic heterocycles. The molecule has 3 nitrogen and oxygen atoms in total. The molecule has 0 bridgehead atoms. The van der Waals surface area contributed by atoms with E-state index >= 15 is 0 Å². The van der Waals surface area contributed by atoms with E-state index in [1.54, 1.807) is 19.1 Å². The number of carboxylic acid groups (broad SMARTS) is 1. The summed E-state index contributed by atoms with van der Waals surface area (Å²) >= 11 is 0. The molecular weight excluding hydrogens is 208 g/mol. The van der Waals surface area contributed by atoms with Crippen molar-refractivity contribution in [1.82, 2.24) is 0 Å². The molecule has 15 heavy (non-hydrogen) atoms. The number of aliphatic hydroxyl groups is 1. The smallest absolute Gasteiger partial charge is 0.309 e. The number of hydrogen-bond donors (Lipinski definition) is 2. The van der Waals surface area contributed by atoms with Gasteiger partial charge in [0.15, 0.2) is 0 Å².